The lowest BCUT2D eigenvalue weighted by Crippen LogP contribution is -2.39. The molecule has 3 amide bonds. The van der Waals surface area contributed by atoms with E-state index in [1.165, 1.54) is 17.0 Å². The number of hydrogen-bond acceptors (Lipinski definition) is 4. The quantitative estimate of drug-likeness (QED) is 0.869. The Hall–Kier alpha value is -3.29. The van der Waals surface area contributed by atoms with E-state index in [1.54, 1.807) is 30.3 Å². The van der Waals surface area contributed by atoms with Crippen LogP contribution in [0.4, 0.5) is 20.6 Å². The molecule has 1 unspecified atom stereocenters. The molecule has 27 heavy (non-hydrogen) atoms. The lowest BCUT2D eigenvalue weighted by Gasteiger charge is -2.19. The normalized spacial score (nSPS) is 18.3. The van der Waals surface area contributed by atoms with Gasteiger partial charge in [-0.3, -0.25) is 4.79 Å². The van der Waals surface area contributed by atoms with Crippen LogP contribution in [0.15, 0.2) is 42.5 Å². The molecule has 140 valence electrons. The summed E-state index contributed by atoms with van der Waals surface area (Å²) in [5.41, 5.74) is 1.04. The number of carbonyl (C=O) groups is 2. The van der Waals surface area contributed by atoms with Crippen LogP contribution >= 0.6 is 0 Å². The number of benzene rings is 2. The Morgan fingerprint density at radius 1 is 1.11 bits per heavy atom. The van der Waals surface area contributed by atoms with Gasteiger partial charge in [-0.25, -0.2) is 9.18 Å². The second kappa shape index (κ2) is 7.14. The van der Waals surface area contributed by atoms with Crippen LogP contribution in [0.2, 0.25) is 0 Å². The van der Waals surface area contributed by atoms with Gasteiger partial charge in [-0.05, 0) is 30.3 Å². The van der Waals surface area contributed by atoms with Crippen LogP contribution in [0.3, 0.4) is 0 Å². The third kappa shape index (κ3) is 3.79. The van der Waals surface area contributed by atoms with Crippen LogP contribution in [0.5, 0.6) is 11.5 Å². The van der Waals surface area contributed by atoms with Crippen molar-refractivity contribution < 1.29 is 23.5 Å². The van der Waals surface area contributed by atoms with E-state index in [0.717, 1.165) is 0 Å². The predicted molar refractivity (Wildman–Crippen MR) is 96.7 cm³/mol. The number of halogens is 1. The molecule has 1 fully saturated rings. The van der Waals surface area contributed by atoms with Crippen molar-refractivity contribution in [2.45, 2.75) is 12.5 Å². The van der Waals surface area contributed by atoms with E-state index in [1.807, 2.05) is 0 Å². The summed E-state index contributed by atoms with van der Waals surface area (Å²) in [6.07, 6.45) is 0.158. The van der Waals surface area contributed by atoms with E-state index in [4.69, 9.17) is 9.47 Å². The molecule has 0 radical (unpaired) electrons. The highest BCUT2D eigenvalue weighted by Gasteiger charge is 2.31. The van der Waals surface area contributed by atoms with Gasteiger partial charge in [0.25, 0.3) is 0 Å². The molecule has 2 heterocycles. The van der Waals surface area contributed by atoms with Gasteiger partial charge in [-0.2, -0.15) is 0 Å². The molecule has 0 saturated carbocycles. The summed E-state index contributed by atoms with van der Waals surface area (Å²) in [5.74, 6) is 0.644. The van der Waals surface area contributed by atoms with Gasteiger partial charge < -0.3 is 25.0 Å². The number of fused-ring (bicyclic) bond motifs is 1. The maximum absolute atomic E-state index is 13.4. The molecule has 1 saturated heterocycles. The van der Waals surface area contributed by atoms with Crippen molar-refractivity contribution in [1.82, 2.24) is 5.32 Å². The van der Waals surface area contributed by atoms with Crippen molar-refractivity contribution in [1.29, 1.82) is 0 Å². The maximum atomic E-state index is 13.4. The fourth-order valence-corrected chi connectivity index (χ4v) is 3.17. The molecular weight excluding hydrogens is 353 g/mol. The third-order valence-electron chi connectivity index (χ3n) is 4.38. The molecule has 2 aliphatic heterocycles. The molecule has 2 aliphatic rings. The first-order valence-corrected chi connectivity index (χ1v) is 8.61. The topological polar surface area (TPSA) is 79.9 Å². The van der Waals surface area contributed by atoms with Gasteiger partial charge >= 0.3 is 6.03 Å². The number of ether oxygens (including phenoxy) is 2. The Balaban J connectivity index is 1.37. The van der Waals surface area contributed by atoms with Crippen LogP contribution < -0.4 is 25.0 Å². The maximum Gasteiger partial charge on any atom is 0.319 e. The molecule has 2 aromatic rings. The molecule has 2 aromatic carbocycles. The first-order valence-electron chi connectivity index (χ1n) is 8.61. The first-order chi connectivity index (χ1) is 13.1. The van der Waals surface area contributed by atoms with Crippen molar-refractivity contribution in [3.8, 4) is 11.5 Å². The van der Waals surface area contributed by atoms with Gasteiger partial charge in [0.05, 0.1) is 6.04 Å². The number of urea groups is 1. The van der Waals surface area contributed by atoms with Crippen LogP contribution in [-0.2, 0) is 4.79 Å². The van der Waals surface area contributed by atoms with E-state index < -0.39 is 11.8 Å². The minimum atomic E-state index is -0.425. The van der Waals surface area contributed by atoms with Crippen molar-refractivity contribution in [3.63, 3.8) is 0 Å². The summed E-state index contributed by atoms with van der Waals surface area (Å²) in [5, 5.41) is 5.50. The number of rotatable bonds is 3. The molecule has 8 heteroatoms. The molecule has 1 atom stereocenters. The summed E-state index contributed by atoms with van der Waals surface area (Å²) in [6.45, 7) is 1.25. The van der Waals surface area contributed by atoms with Crippen molar-refractivity contribution >= 4 is 23.3 Å². The zero-order chi connectivity index (χ0) is 18.8. The number of carbonyl (C=O) groups excluding carboxylic acids is 2. The Kier molecular flexibility index (Phi) is 4.53. The molecule has 0 bridgehead atoms. The zero-order valence-corrected chi connectivity index (χ0v) is 14.4. The standard InChI is InChI=1S/C19H18FN3O4/c20-12-2-1-3-15(8-12)23-11-14(10-18(23)24)22-19(25)21-13-4-5-16-17(9-13)27-7-6-26-16/h1-5,8-9,14H,6-7,10-11H2,(H2,21,22,25). The minimum Gasteiger partial charge on any atom is -0.486 e. The number of amides is 3. The zero-order valence-electron chi connectivity index (χ0n) is 14.4. The average molecular weight is 371 g/mol. The summed E-state index contributed by atoms with van der Waals surface area (Å²) >= 11 is 0. The fourth-order valence-electron chi connectivity index (χ4n) is 3.17. The van der Waals surface area contributed by atoms with E-state index in [0.29, 0.717) is 36.1 Å². The molecule has 4 rings (SSSR count). The third-order valence-corrected chi connectivity index (χ3v) is 4.38. The average Bonchev–Trinajstić information content (AvgIpc) is 3.01. The molecule has 0 aromatic heterocycles. The monoisotopic (exact) mass is 371 g/mol. The van der Waals surface area contributed by atoms with Crippen molar-refractivity contribution in [2.75, 3.05) is 30.0 Å². The van der Waals surface area contributed by atoms with Crippen molar-refractivity contribution in [3.05, 3.63) is 48.3 Å². The number of nitrogens with one attached hydrogen (secondary N) is 2. The Bertz CT molecular complexity index is 889. The Labute approximate surface area is 155 Å². The molecule has 0 spiro atoms. The smallest absolute Gasteiger partial charge is 0.319 e. The fraction of sp³-hybridized carbons (Fsp3) is 0.263. The number of hydrogen-bond donors (Lipinski definition) is 2. The highest BCUT2D eigenvalue weighted by molar-refractivity contribution is 5.97. The van der Waals surface area contributed by atoms with Gasteiger partial charge in [-0.15, -0.1) is 0 Å². The highest BCUT2D eigenvalue weighted by Crippen LogP contribution is 2.32. The van der Waals surface area contributed by atoms with Gasteiger partial charge in [0.15, 0.2) is 11.5 Å². The van der Waals surface area contributed by atoms with E-state index in [9.17, 15) is 14.0 Å². The van der Waals surface area contributed by atoms with Gasteiger partial charge in [0, 0.05) is 30.4 Å². The van der Waals surface area contributed by atoms with E-state index in [-0.39, 0.29) is 24.9 Å². The minimum absolute atomic E-state index is 0.158. The largest absolute Gasteiger partial charge is 0.486 e. The molecular formula is C19H18FN3O4. The summed E-state index contributed by atoms with van der Waals surface area (Å²) < 4.78 is 24.3. The Morgan fingerprint density at radius 3 is 2.74 bits per heavy atom. The van der Waals surface area contributed by atoms with Crippen molar-refractivity contribution in [2.24, 2.45) is 0 Å². The molecule has 0 aliphatic carbocycles. The van der Waals surface area contributed by atoms with Crippen LogP contribution in [0.25, 0.3) is 0 Å². The lowest BCUT2D eigenvalue weighted by atomic mass is 10.2. The SMILES string of the molecule is O=C(Nc1ccc2c(c1)OCCO2)NC1CC(=O)N(c2cccc(F)c2)C1. The first kappa shape index (κ1) is 17.1. The predicted octanol–water partition coefficient (Wildman–Crippen LogP) is 2.52. The summed E-state index contributed by atoms with van der Waals surface area (Å²) in [6, 6.07) is 10.2. The van der Waals surface area contributed by atoms with Gasteiger partial charge in [0.2, 0.25) is 5.91 Å². The van der Waals surface area contributed by atoms with Crippen LogP contribution in [-0.4, -0.2) is 37.7 Å². The van der Waals surface area contributed by atoms with Crippen LogP contribution in [0.1, 0.15) is 6.42 Å². The number of nitrogens with zero attached hydrogens (tertiary/aromatic N) is 1. The summed E-state index contributed by atoms with van der Waals surface area (Å²) in [4.78, 5) is 25.9. The summed E-state index contributed by atoms with van der Waals surface area (Å²) in [7, 11) is 0. The second-order valence-electron chi connectivity index (χ2n) is 6.34. The number of anilines is 2. The van der Waals surface area contributed by atoms with Gasteiger partial charge in [0.1, 0.15) is 19.0 Å². The molecule has 7 nitrogen and oxygen atoms in total. The molecule has 2 N–H and O–H groups in total. The Morgan fingerprint density at radius 2 is 1.93 bits per heavy atom. The second-order valence-corrected chi connectivity index (χ2v) is 6.34. The van der Waals surface area contributed by atoms with Crippen LogP contribution in [0, 0.1) is 5.82 Å². The highest BCUT2D eigenvalue weighted by atomic mass is 19.1. The van der Waals surface area contributed by atoms with Gasteiger partial charge in [-0.1, -0.05) is 6.07 Å². The van der Waals surface area contributed by atoms with E-state index >= 15 is 0 Å². The van der Waals surface area contributed by atoms with E-state index in [2.05, 4.69) is 10.6 Å². The lowest BCUT2D eigenvalue weighted by molar-refractivity contribution is -0.117.